The van der Waals surface area contributed by atoms with Crippen molar-refractivity contribution in [3.05, 3.63) is 24.3 Å². The molecule has 3 aliphatic rings. The number of hydrogen-bond acceptors (Lipinski definition) is 6. The first-order chi connectivity index (χ1) is 14.1. The first-order valence-corrected chi connectivity index (χ1v) is 10.2. The van der Waals surface area contributed by atoms with Crippen LogP contribution in [-0.2, 0) is 9.59 Å². The van der Waals surface area contributed by atoms with Crippen molar-refractivity contribution < 1.29 is 19.1 Å². The zero-order chi connectivity index (χ0) is 20.3. The Bertz CT molecular complexity index is 807. The fourth-order valence-electron chi connectivity index (χ4n) is 4.22. The van der Waals surface area contributed by atoms with Crippen LogP contribution in [0.1, 0.15) is 25.7 Å². The lowest BCUT2D eigenvalue weighted by Gasteiger charge is -2.37. The summed E-state index contributed by atoms with van der Waals surface area (Å²) >= 11 is 0. The Kier molecular flexibility index (Phi) is 5.58. The lowest BCUT2D eigenvalue weighted by Crippen LogP contribution is -2.56. The third-order valence-electron chi connectivity index (χ3n) is 5.89. The van der Waals surface area contributed by atoms with Gasteiger partial charge in [-0.05, 0) is 37.8 Å². The summed E-state index contributed by atoms with van der Waals surface area (Å²) in [4.78, 5) is 29.0. The van der Waals surface area contributed by atoms with Crippen molar-refractivity contribution in [2.75, 3.05) is 39.3 Å². The maximum atomic E-state index is 12.8. The van der Waals surface area contributed by atoms with Crippen molar-refractivity contribution in [1.29, 1.82) is 5.26 Å². The highest BCUT2D eigenvalue weighted by Crippen LogP contribution is 2.31. The molecule has 1 saturated heterocycles. The normalized spacial score (nSPS) is 23.3. The molecule has 0 aromatic heterocycles. The SMILES string of the molecule is N#CC1(NC(=O)CN2CCN(C(=O)C3COc4ccccc4O3)CC2)CCCC1. The van der Waals surface area contributed by atoms with Gasteiger partial charge >= 0.3 is 0 Å². The Morgan fingerprint density at radius 2 is 1.83 bits per heavy atom. The van der Waals surface area contributed by atoms with E-state index >= 15 is 0 Å². The molecular weight excluding hydrogens is 372 g/mol. The third-order valence-corrected chi connectivity index (χ3v) is 5.89. The predicted octanol–water partition coefficient (Wildman–Crippen LogP) is 0.923. The lowest BCUT2D eigenvalue weighted by atomic mass is 10.00. The Balaban J connectivity index is 1.25. The number of nitrogens with zero attached hydrogens (tertiary/aromatic N) is 3. The van der Waals surface area contributed by atoms with E-state index in [9.17, 15) is 14.9 Å². The largest absolute Gasteiger partial charge is 0.485 e. The molecule has 154 valence electrons. The van der Waals surface area contributed by atoms with Crippen LogP contribution in [-0.4, -0.2) is 72.6 Å². The van der Waals surface area contributed by atoms with E-state index in [2.05, 4.69) is 11.4 Å². The van der Waals surface area contributed by atoms with Gasteiger partial charge in [-0.15, -0.1) is 0 Å². The summed E-state index contributed by atoms with van der Waals surface area (Å²) in [5.74, 6) is 1.04. The molecule has 4 rings (SSSR count). The average molecular weight is 398 g/mol. The smallest absolute Gasteiger partial charge is 0.267 e. The molecule has 8 nitrogen and oxygen atoms in total. The van der Waals surface area contributed by atoms with E-state index in [1.54, 1.807) is 11.0 Å². The van der Waals surface area contributed by atoms with Crippen LogP contribution in [0.4, 0.5) is 0 Å². The van der Waals surface area contributed by atoms with E-state index in [0.29, 0.717) is 37.7 Å². The van der Waals surface area contributed by atoms with Crippen LogP contribution in [0.3, 0.4) is 0 Å². The summed E-state index contributed by atoms with van der Waals surface area (Å²) in [6.07, 6.45) is 2.77. The minimum atomic E-state index is -0.691. The highest BCUT2D eigenvalue weighted by Gasteiger charge is 2.36. The molecule has 29 heavy (non-hydrogen) atoms. The van der Waals surface area contributed by atoms with Gasteiger partial charge in [0.05, 0.1) is 12.6 Å². The van der Waals surface area contributed by atoms with Gasteiger partial charge in [0.15, 0.2) is 11.5 Å². The number of rotatable bonds is 4. The van der Waals surface area contributed by atoms with Crippen molar-refractivity contribution in [2.24, 2.45) is 0 Å². The second kappa shape index (κ2) is 8.29. The molecule has 1 saturated carbocycles. The molecule has 1 aromatic rings. The van der Waals surface area contributed by atoms with Crippen LogP contribution in [0.5, 0.6) is 11.5 Å². The number of nitrogens with one attached hydrogen (secondary N) is 1. The van der Waals surface area contributed by atoms with Gasteiger partial charge in [-0.1, -0.05) is 12.1 Å². The Morgan fingerprint density at radius 1 is 1.14 bits per heavy atom. The molecule has 0 radical (unpaired) electrons. The summed E-state index contributed by atoms with van der Waals surface area (Å²) in [7, 11) is 0. The standard InChI is InChI=1S/C21H26N4O4/c22-15-21(7-3-4-8-21)23-19(26)13-24-9-11-25(12-10-24)20(27)18-14-28-16-5-1-2-6-17(16)29-18/h1-2,5-6,18H,3-4,7-14H2,(H,23,26). The Morgan fingerprint density at radius 3 is 2.52 bits per heavy atom. The van der Waals surface area contributed by atoms with Gasteiger partial charge in [-0.3, -0.25) is 14.5 Å². The van der Waals surface area contributed by atoms with Crippen LogP contribution in [0.15, 0.2) is 24.3 Å². The molecule has 1 aromatic carbocycles. The number of para-hydroxylation sites is 2. The number of ether oxygens (including phenoxy) is 2. The van der Waals surface area contributed by atoms with Crippen molar-refractivity contribution in [3.63, 3.8) is 0 Å². The number of fused-ring (bicyclic) bond motifs is 1. The van der Waals surface area contributed by atoms with Gasteiger partial charge in [0.25, 0.3) is 5.91 Å². The van der Waals surface area contributed by atoms with E-state index in [1.165, 1.54) is 0 Å². The highest BCUT2D eigenvalue weighted by molar-refractivity contribution is 5.82. The van der Waals surface area contributed by atoms with Crippen LogP contribution < -0.4 is 14.8 Å². The van der Waals surface area contributed by atoms with Gasteiger partial charge in [0, 0.05) is 26.2 Å². The highest BCUT2D eigenvalue weighted by atomic mass is 16.6. The molecule has 1 N–H and O–H groups in total. The van der Waals surface area contributed by atoms with Crippen molar-refractivity contribution in [3.8, 4) is 17.6 Å². The second-order valence-electron chi connectivity index (χ2n) is 7.91. The van der Waals surface area contributed by atoms with Gasteiger partial charge in [-0.2, -0.15) is 5.26 Å². The van der Waals surface area contributed by atoms with Gasteiger partial charge in [0.1, 0.15) is 12.1 Å². The topological polar surface area (TPSA) is 94.9 Å². The monoisotopic (exact) mass is 398 g/mol. The molecule has 1 unspecified atom stereocenters. The predicted molar refractivity (Wildman–Crippen MR) is 104 cm³/mol. The fourth-order valence-corrected chi connectivity index (χ4v) is 4.22. The molecule has 1 aliphatic carbocycles. The molecule has 0 bridgehead atoms. The summed E-state index contributed by atoms with van der Waals surface area (Å²) in [6, 6.07) is 9.61. The molecule has 2 heterocycles. The maximum Gasteiger partial charge on any atom is 0.267 e. The maximum absolute atomic E-state index is 12.8. The number of amides is 2. The first kappa shape index (κ1) is 19.5. The van der Waals surface area contributed by atoms with E-state index in [1.807, 2.05) is 23.1 Å². The van der Waals surface area contributed by atoms with Crippen LogP contribution in [0.2, 0.25) is 0 Å². The number of carbonyl (C=O) groups excluding carboxylic acids is 2. The van der Waals surface area contributed by atoms with Gasteiger partial charge in [-0.25, -0.2) is 0 Å². The van der Waals surface area contributed by atoms with Crippen molar-refractivity contribution in [1.82, 2.24) is 15.1 Å². The number of nitriles is 1. The zero-order valence-corrected chi connectivity index (χ0v) is 16.4. The van der Waals surface area contributed by atoms with Crippen LogP contribution >= 0.6 is 0 Å². The molecule has 1 atom stereocenters. The number of benzene rings is 1. The third kappa shape index (κ3) is 4.30. The number of piperazine rings is 1. The summed E-state index contributed by atoms with van der Waals surface area (Å²) < 4.78 is 11.5. The molecule has 8 heteroatoms. The molecule has 0 spiro atoms. The molecule has 2 aliphatic heterocycles. The van der Waals surface area contributed by atoms with Crippen LogP contribution in [0.25, 0.3) is 0 Å². The molecule has 2 amide bonds. The minimum Gasteiger partial charge on any atom is -0.485 e. The lowest BCUT2D eigenvalue weighted by molar-refractivity contribution is -0.143. The van der Waals surface area contributed by atoms with E-state index < -0.39 is 11.6 Å². The average Bonchev–Trinajstić information content (AvgIpc) is 3.22. The van der Waals surface area contributed by atoms with Crippen molar-refractivity contribution >= 4 is 11.8 Å². The van der Waals surface area contributed by atoms with E-state index in [4.69, 9.17) is 9.47 Å². The van der Waals surface area contributed by atoms with Gasteiger partial charge in [0.2, 0.25) is 12.0 Å². The minimum absolute atomic E-state index is 0.0852. The quantitative estimate of drug-likeness (QED) is 0.811. The fraction of sp³-hybridized carbons (Fsp3) is 0.571. The summed E-state index contributed by atoms with van der Waals surface area (Å²) in [6.45, 7) is 2.76. The zero-order valence-electron chi connectivity index (χ0n) is 16.4. The van der Waals surface area contributed by atoms with E-state index in [0.717, 1.165) is 25.7 Å². The van der Waals surface area contributed by atoms with Crippen LogP contribution in [0, 0.1) is 11.3 Å². The first-order valence-electron chi connectivity index (χ1n) is 10.2. The van der Waals surface area contributed by atoms with E-state index in [-0.39, 0.29) is 25.0 Å². The van der Waals surface area contributed by atoms with Crippen molar-refractivity contribution in [2.45, 2.75) is 37.3 Å². The Labute approximate surface area is 170 Å². The Hall–Kier alpha value is -2.79. The summed E-state index contributed by atoms with van der Waals surface area (Å²) in [5.41, 5.74) is -0.691. The summed E-state index contributed by atoms with van der Waals surface area (Å²) in [5, 5.41) is 12.3. The second-order valence-corrected chi connectivity index (χ2v) is 7.91. The molecular formula is C21H26N4O4. The van der Waals surface area contributed by atoms with Gasteiger partial charge < -0.3 is 19.7 Å². The number of carbonyl (C=O) groups is 2. The molecule has 2 fully saturated rings. The number of hydrogen-bond donors (Lipinski definition) is 1.